The molecule has 0 saturated carbocycles. The van der Waals surface area contributed by atoms with Crippen molar-refractivity contribution < 1.29 is 9.50 Å². The molecule has 1 N–H and O–H groups in total. The predicted octanol–water partition coefficient (Wildman–Crippen LogP) is 1.44. The van der Waals surface area contributed by atoms with Gasteiger partial charge in [0.2, 0.25) is 0 Å². The summed E-state index contributed by atoms with van der Waals surface area (Å²) in [4.78, 5) is 2.29. The molecule has 2 atom stereocenters. The number of hydrogen-bond acceptors (Lipinski definition) is 2. The fraction of sp³-hybridized carbons (Fsp3) is 1.00. The van der Waals surface area contributed by atoms with Gasteiger partial charge in [0.1, 0.15) is 6.17 Å². The monoisotopic (exact) mass is 189 g/mol. The van der Waals surface area contributed by atoms with Gasteiger partial charge < -0.3 is 10.0 Å². The molecular formula is C10H20FNO. The molecule has 78 valence electrons. The Balaban J connectivity index is 2.41. The normalized spacial score (nSPS) is 27.9. The van der Waals surface area contributed by atoms with Gasteiger partial charge in [-0.3, -0.25) is 0 Å². The second kappa shape index (κ2) is 4.91. The molecule has 1 fully saturated rings. The summed E-state index contributed by atoms with van der Waals surface area (Å²) in [7, 11) is 0. The molecule has 0 aromatic carbocycles. The molecule has 0 aliphatic carbocycles. The highest BCUT2D eigenvalue weighted by Crippen LogP contribution is 2.22. The van der Waals surface area contributed by atoms with Gasteiger partial charge in [-0.05, 0) is 33.2 Å². The van der Waals surface area contributed by atoms with Crippen molar-refractivity contribution in [3.63, 3.8) is 0 Å². The van der Waals surface area contributed by atoms with Crippen molar-refractivity contribution >= 4 is 0 Å². The maximum Gasteiger partial charge on any atom is 0.127 e. The van der Waals surface area contributed by atoms with Crippen LogP contribution in [0.5, 0.6) is 0 Å². The average molecular weight is 189 g/mol. The molecule has 0 aromatic rings. The van der Waals surface area contributed by atoms with Crippen molar-refractivity contribution in [2.24, 2.45) is 5.92 Å². The molecule has 2 nitrogen and oxygen atoms in total. The van der Waals surface area contributed by atoms with Crippen LogP contribution in [0.3, 0.4) is 0 Å². The van der Waals surface area contributed by atoms with E-state index in [0.29, 0.717) is 6.04 Å². The summed E-state index contributed by atoms with van der Waals surface area (Å²) >= 11 is 0. The Hall–Kier alpha value is -0.150. The maximum atomic E-state index is 13.2. The first kappa shape index (κ1) is 10.9. The van der Waals surface area contributed by atoms with Gasteiger partial charge in [-0.25, -0.2) is 4.39 Å². The molecule has 0 bridgehead atoms. The molecule has 0 radical (unpaired) electrons. The van der Waals surface area contributed by atoms with E-state index in [2.05, 4.69) is 18.7 Å². The summed E-state index contributed by atoms with van der Waals surface area (Å²) < 4.78 is 13.2. The second-order valence-corrected chi connectivity index (χ2v) is 4.19. The van der Waals surface area contributed by atoms with E-state index in [-0.39, 0.29) is 12.5 Å². The molecule has 0 spiro atoms. The van der Waals surface area contributed by atoms with Gasteiger partial charge in [-0.15, -0.1) is 0 Å². The summed E-state index contributed by atoms with van der Waals surface area (Å²) in [5.74, 6) is 0.0427. The Morgan fingerprint density at radius 1 is 1.54 bits per heavy atom. The predicted molar refractivity (Wildman–Crippen MR) is 51.4 cm³/mol. The van der Waals surface area contributed by atoms with Crippen molar-refractivity contribution in [1.82, 2.24) is 4.90 Å². The Kier molecular flexibility index (Phi) is 4.13. The zero-order valence-electron chi connectivity index (χ0n) is 8.54. The van der Waals surface area contributed by atoms with E-state index in [4.69, 9.17) is 5.11 Å². The summed E-state index contributed by atoms with van der Waals surface area (Å²) in [6, 6.07) is 0.494. The van der Waals surface area contributed by atoms with E-state index in [1.54, 1.807) is 0 Å². The quantitative estimate of drug-likeness (QED) is 0.726. The topological polar surface area (TPSA) is 23.5 Å². The van der Waals surface area contributed by atoms with Crippen LogP contribution in [0.25, 0.3) is 0 Å². The SMILES string of the molecule is CC(C)N1CCCC(C(F)CO)C1. The largest absolute Gasteiger partial charge is 0.393 e. The molecular weight excluding hydrogens is 169 g/mol. The highest BCUT2D eigenvalue weighted by molar-refractivity contribution is 4.79. The Labute approximate surface area is 79.7 Å². The van der Waals surface area contributed by atoms with Crippen molar-refractivity contribution in [3.05, 3.63) is 0 Å². The molecule has 3 heteroatoms. The number of piperidine rings is 1. The van der Waals surface area contributed by atoms with Crippen LogP contribution in [0.2, 0.25) is 0 Å². The van der Waals surface area contributed by atoms with Gasteiger partial charge in [-0.1, -0.05) is 0 Å². The van der Waals surface area contributed by atoms with Crippen LogP contribution in [0.15, 0.2) is 0 Å². The van der Waals surface area contributed by atoms with E-state index in [1.807, 2.05) is 0 Å². The third kappa shape index (κ3) is 2.92. The zero-order chi connectivity index (χ0) is 9.84. The summed E-state index contributed by atoms with van der Waals surface area (Å²) in [6.45, 7) is 5.82. The van der Waals surface area contributed by atoms with Gasteiger partial charge >= 0.3 is 0 Å². The van der Waals surface area contributed by atoms with Gasteiger partial charge in [0.25, 0.3) is 0 Å². The Bertz CT molecular complexity index is 152. The van der Waals surface area contributed by atoms with E-state index in [0.717, 1.165) is 25.9 Å². The van der Waals surface area contributed by atoms with Crippen LogP contribution in [-0.4, -0.2) is 41.9 Å². The average Bonchev–Trinajstić information content (AvgIpc) is 2.17. The molecule has 1 rings (SSSR count). The van der Waals surface area contributed by atoms with Crippen LogP contribution in [-0.2, 0) is 0 Å². The third-order valence-electron chi connectivity index (χ3n) is 2.91. The number of likely N-dealkylation sites (tertiary alicyclic amines) is 1. The smallest absolute Gasteiger partial charge is 0.127 e. The van der Waals surface area contributed by atoms with Crippen molar-refractivity contribution in [3.8, 4) is 0 Å². The van der Waals surface area contributed by atoms with E-state index in [1.165, 1.54) is 0 Å². The third-order valence-corrected chi connectivity index (χ3v) is 2.91. The van der Waals surface area contributed by atoms with Crippen molar-refractivity contribution in [2.45, 2.75) is 38.9 Å². The standard InChI is InChI=1S/C10H20FNO/c1-8(2)12-5-3-4-9(6-12)10(11)7-13/h8-10,13H,3-7H2,1-2H3. The first-order valence-electron chi connectivity index (χ1n) is 5.14. The van der Waals surface area contributed by atoms with Crippen LogP contribution in [0, 0.1) is 5.92 Å². The fourth-order valence-corrected chi connectivity index (χ4v) is 1.95. The minimum atomic E-state index is -1.03. The van der Waals surface area contributed by atoms with Crippen molar-refractivity contribution in [2.75, 3.05) is 19.7 Å². The lowest BCUT2D eigenvalue weighted by molar-refractivity contribution is 0.0568. The van der Waals surface area contributed by atoms with Crippen LogP contribution >= 0.6 is 0 Å². The number of aliphatic hydroxyl groups is 1. The van der Waals surface area contributed by atoms with Crippen LogP contribution < -0.4 is 0 Å². The number of aliphatic hydroxyl groups excluding tert-OH is 1. The molecule has 0 amide bonds. The number of hydrogen-bond donors (Lipinski definition) is 1. The highest BCUT2D eigenvalue weighted by atomic mass is 19.1. The Morgan fingerprint density at radius 3 is 2.77 bits per heavy atom. The molecule has 1 aliphatic heterocycles. The number of alkyl halides is 1. The molecule has 2 unspecified atom stereocenters. The maximum absolute atomic E-state index is 13.2. The summed E-state index contributed by atoms with van der Waals surface area (Å²) in [5.41, 5.74) is 0. The lowest BCUT2D eigenvalue weighted by Crippen LogP contribution is -2.43. The lowest BCUT2D eigenvalue weighted by atomic mass is 9.93. The fourth-order valence-electron chi connectivity index (χ4n) is 1.95. The highest BCUT2D eigenvalue weighted by Gasteiger charge is 2.27. The van der Waals surface area contributed by atoms with Gasteiger partial charge in [0, 0.05) is 18.5 Å². The summed E-state index contributed by atoms with van der Waals surface area (Å²) in [6.07, 6.45) is 0.954. The minimum absolute atomic E-state index is 0.0427. The first-order chi connectivity index (χ1) is 6.15. The molecule has 0 aromatic heterocycles. The molecule has 13 heavy (non-hydrogen) atoms. The first-order valence-corrected chi connectivity index (χ1v) is 5.14. The number of rotatable bonds is 3. The lowest BCUT2D eigenvalue weighted by Gasteiger charge is -2.36. The minimum Gasteiger partial charge on any atom is -0.393 e. The zero-order valence-corrected chi connectivity index (χ0v) is 8.54. The number of nitrogens with zero attached hydrogens (tertiary/aromatic N) is 1. The molecule has 1 saturated heterocycles. The van der Waals surface area contributed by atoms with E-state index in [9.17, 15) is 4.39 Å². The van der Waals surface area contributed by atoms with Crippen molar-refractivity contribution in [1.29, 1.82) is 0 Å². The summed E-state index contributed by atoms with van der Waals surface area (Å²) in [5, 5.41) is 8.72. The van der Waals surface area contributed by atoms with Gasteiger partial charge in [0.15, 0.2) is 0 Å². The van der Waals surface area contributed by atoms with Gasteiger partial charge in [0.05, 0.1) is 6.61 Å². The Morgan fingerprint density at radius 2 is 2.23 bits per heavy atom. The van der Waals surface area contributed by atoms with E-state index >= 15 is 0 Å². The van der Waals surface area contributed by atoms with Crippen LogP contribution in [0.1, 0.15) is 26.7 Å². The van der Waals surface area contributed by atoms with Crippen LogP contribution in [0.4, 0.5) is 4.39 Å². The number of halogens is 1. The van der Waals surface area contributed by atoms with E-state index < -0.39 is 6.17 Å². The molecule has 1 heterocycles. The second-order valence-electron chi connectivity index (χ2n) is 4.19. The van der Waals surface area contributed by atoms with Gasteiger partial charge in [-0.2, -0.15) is 0 Å². The molecule has 1 aliphatic rings.